The summed E-state index contributed by atoms with van der Waals surface area (Å²) in [6, 6.07) is 2.77. The number of carbonyl (C=O) groups is 4. The summed E-state index contributed by atoms with van der Waals surface area (Å²) in [5, 5.41) is 3.77. The van der Waals surface area contributed by atoms with Gasteiger partial charge in [-0.1, -0.05) is 37.0 Å². The molecule has 2 heterocycles. The molecule has 0 saturated carbocycles. The number of allylic oxidation sites excluding steroid dienone is 1. The lowest BCUT2D eigenvalue weighted by Gasteiger charge is -2.16. The SMILES string of the molecule is CC(C)C1=CC(C(=O)c2c(Cl)cc(C3=NNC(=O)CC3=O)cc2Cl)=NCC1=O. The van der Waals surface area contributed by atoms with Crippen molar-refractivity contribution in [3.63, 3.8) is 0 Å². The molecular weight excluding hydrogens is 405 g/mol. The van der Waals surface area contributed by atoms with E-state index in [1.54, 1.807) is 0 Å². The Kier molecular flexibility index (Phi) is 5.58. The zero-order valence-corrected chi connectivity index (χ0v) is 16.5. The molecular formula is C19H15Cl2N3O4. The molecule has 0 fully saturated rings. The molecule has 9 heteroatoms. The van der Waals surface area contributed by atoms with E-state index in [9.17, 15) is 19.2 Å². The van der Waals surface area contributed by atoms with Gasteiger partial charge < -0.3 is 0 Å². The van der Waals surface area contributed by atoms with Gasteiger partial charge in [-0.15, -0.1) is 0 Å². The molecule has 1 aromatic carbocycles. The molecule has 0 radical (unpaired) electrons. The number of amides is 1. The van der Waals surface area contributed by atoms with Crippen LogP contribution in [0.25, 0.3) is 0 Å². The van der Waals surface area contributed by atoms with E-state index >= 15 is 0 Å². The third-order valence-electron chi connectivity index (χ3n) is 4.28. The second kappa shape index (κ2) is 7.77. The number of hydrogen-bond donors (Lipinski definition) is 1. The Morgan fingerprint density at radius 1 is 1.11 bits per heavy atom. The van der Waals surface area contributed by atoms with Gasteiger partial charge in [0.25, 0.3) is 0 Å². The van der Waals surface area contributed by atoms with Gasteiger partial charge in [0.1, 0.15) is 18.0 Å². The number of halogens is 2. The first kappa shape index (κ1) is 20.1. The molecule has 2 aliphatic rings. The number of Topliss-reactive ketones (excluding diaryl/α,β-unsaturated/α-hetero) is 3. The molecule has 0 unspecified atom stereocenters. The van der Waals surface area contributed by atoms with Crippen LogP contribution in [0.4, 0.5) is 0 Å². The van der Waals surface area contributed by atoms with Crippen LogP contribution in [0.3, 0.4) is 0 Å². The lowest BCUT2D eigenvalue weighted by atomic mass is 9.92. The molecule has 0 saturated heterocycles. The third-order valence-corrected chi connectivity index (χ3v) is 4.88. The predicted molar refractivity (Wildman–Crippen MR) is 105 cm³/mol. The van der Waals surface area contributed by atoms with Crippen LogP contribution >= 0.6 is 23.2 Å². The molecule has 0 bridgehead atoms. The largest absolute Gasteiger partial charge is 0.292 e. The van der Waals surface area contributed by atoms with E-state index in [4.69, 9.17) is 23.2 Å². The lowest BCUT2D eigenvalue weighted by molar-refractivity contribution is -0.126. The first-order valence-electron chi connectivity index (χ1n) is 8.42. The smallest absolute Gasteiger partial charge is 0.247 e. The first-order chi connectivity index (χ1) is 13.2. The van der Waals surface area contributed by atoms with E-state index in [1.807, 2.05) is 13.8 Å². The van der Waals surface area contributed by atoms with Crippen molar-refractivity contribution in [3.8, 4) is 0 Å². The quantitative estimate of drug-likeness (QED) is 0.597. The number of hydrogen-bond acceptors (Lipinski definition) is 6. The molecule has 0 atom stereocenters. The van der Waals surface area contributed by atoms with Crippen molar-refractivity contribution in [2.24, 2.45) is 16.0 Å². The Balaban J connectivity index is 1.98. The number of aliphatic imine (C=N–C) groups is 1. The highest BCUT2D eigenvalue weighted by molar-refractivity contribution is 6.56. The van der Waals surface area contributed by atoms with Gasteiger partial charge in [-0.25, -0.2) is 5.43 Å². The number of ketones is 3. The van der Waals surface area contributed by atoms with Gasteiger partial charge in [-0.05, 0) is 24.1 Å². The van der Waals surface area contributed by atoms with Crippen LogP contribution < -0.4 is 5.43 Å². The van der Waals surface area contributed by atoms with Crippen molar-refractivity contribution in [2.45, 2.75) is 20.3 Å². The average molecular weight is 420 g/mol. The Bertz CT molecular complexity index is 999. The maximum absolute atomic E-state index is 12.9. The number of benzene rings is 1. The summed E-state index contributed by atoms with van der Waals surface area (Å²) >= 11 is 12.5. The van der Waals surface area contributed by atoms with Crippen molar-refractivity contribution >= 4 is 57.9 Å². The molecule has 0 aliphatic carbocycles. The molecule has 1 aromatic rings. The topological polar surface area (TPSA) is 105 Å². The van der Waals surface area contributed by atoms with E-state index in [1.165, 1.54) is 18.2 Å². The summed E-state index contributed by atoms with van der Waals surface area (Å²) in [6.45, 7) is 3.60. The van der Waals surface area contributed by atoms with Crippen LogP contribution in [0.5, 0.6) is 0 Å². The minimum Gasteiger partial charge on any atom is -0.292 e. The van der Waals surface area contributed by atoms with Crippen LogP contribution in [0.1, 0.15) is 36.2 Å². The van der Waals surface area contributed by atoms with Gasteiger partial charge in [0.05, 0.1) is 22.0 Å². The summed E-state index contributed by atoms with van der Waals surface area (Å²) in [4.78, 5) is 52.1. The van der Waals surface area contributed by atoms with Gasteiger partial charge >= 0.3 is 0 Å². The lowest BCUT2D eigenvalue weighted by Crippen LogP contribution is -2.33. The van der Waals surface area contributed by atoms with Crippen LogP contribution in [-0.2, 0) is 14.4 Å². The van der Waals surface area contributed by atoms with E-state index in [-0.39, 0.29) is 57.3 Å². The first-order valence-corrected chi connectivity index (χ1v) is 9.17. The molecule has 7 nitrogen and oxygen atoms in total. The van der Waals surface area contributed by atoms with Crippen molar-refractivity contribution in [1.82, 2.24) is 5.43 Å². The highest BCUT2D eigenvalue weighted by atomic mass is 35.5. The molecule has 0 spiro atoms. The standard InChI is InChI=1S/C19H15Cl2N3O4/c1-8(2)10-5-13(22-7-15(10)26)19(28)17-11(20)3-9(4-12(17)21)18-14(25)6-16(27)23-24-18/h3-5,8H,6-7H2,1-2H3,(H,23,27). The second-order valence-corrected chi connectivity index (χ2v) is 7.43. The van der Waals surface area contributed by atoms with E-state index < -0.39 is 17.5 Å². The normalized spacial score (nSPS) is 17.2. The average Bonchev–Trinajstić information content (AvgIpc) is 2.61. The molecule has 1 amide bonds. The molecule has 1 N–H and O–H groups in total. The number of rotatable bonds is 4. The third kappa shape index (κ3) is 3.81. The molecule has 2 aliphatic heterocycles. The maximum atomic E-state index is 12.9. The van der Waals surface area contributed by atoms with Gasteiger partial charge in [-0.3, -0.25) is 24.2 Å². The van der Waals surface area contributed by atoms with Crippen molar-refractivity contribution < 1.29 is 19.2 Å². The molecule has 0 aromatic heterocycles. The van der Waals surface area contributed by atoms with Gasteiger partial charge in [0.2, 0.25) is 11.7 Å². The predicted octanol–water partition coefficient (Wildman–Crippen LogP) is 2.58. The minimum absolute atomic E-state index is 0.00462. The van der Waals surface area contributed by atoms with Crippen molar-refractivity contribution in [3.05, 3.63) is 45.0 Å². The van der Waals surface area contributed by atoms with E-state index in [0.29, 0.717) is 5.57 Å². The van der Waals surface area contributed by atoms with Gasteiger partial charge in [0, 0.05) is 11.1 Å². The van der Waals surface area contributed by atoms with Gasteiger partial charge in [-0.2, -0.15) is 5.10 Å². The Morgan fingerprint density at radius 3 is 2.32 bits per heavy atom. The van der Waals surface area contributed by atoms with Crippen LogP contribution in [-0.4, -0.2) is 41.2 Å². The Morgan fingerprint density at radius 2 is 1.75 bits per heavy atom. The summed E-state index contributed by atoms with van der Waals surface area (Å²) in [7, 11) is 0. The monoisotopic (exact) mass is 419 g/mol. The van der Waals surface area contributed by atoms with E-state index in [0.717, 1.165) is 0 Å². The number of nitrogens with one attached hydrogen (secondary N) is 1. The number of nitrogens with zero attached hydrogens (tertiary/aromatic N) is 2. The summed E-state index contributed by atoms with van der Waals surface area (Å²) in [5.41, 5.74) is 3.15. The summed E-state index contributed by atoms with van der Waals surface area (Å²) in [6.07, 6.45) is 1.13. The molecule has 28 heavy (non-hydrogen) atoms. The number of hydrazone groups is 1. The number of carbonyl (C=O) groups excluding carboxylic acids is 4. The fourth-order valence-electron chi connectivity index (χ4n) is 2.88. The van der Waals surface area contributed by atoms with Crippen LogP contribution in [0.2, 0.25) is 10.0 Å². The van der Waals surface area contributed by atoms with E-state index in [2.05, 4.69) is 15.5 Å². The summed E-state index contributed by atoms with van der Waals surface area (Å²) in [5.74, 6) is -1.68. The van der Waals surface area contributed by atoms with Crippen molar-refractivity contribution in [2.75, 3.05) is 6.54 Å². The fraction of sp³-hybridized carbons (Fsp3) is 0.263. The minimum atomic E-state index is -0.516. The van der Waals surface area contributed by atoms with Crippen LogP contribution in [0.15, 0.2) is 33.9 Å². The zero-order valence-electron chi connectivity index (χ0n) is 15.0. The van der Waals surface area contributed by atoms with Crippen molar-refractivity contribution in [1.29, 1.82) is 0 Å². The zero-order chi connectivity index (χ0) is 20.6. The Hall–Kier alpha value is -2.64. The maximum Gasteiger partial charge on any atom is 0.247 e. The highest BCUT2D eigenvalue weighted by Crippen LogP contribution is 2.29. The highest BCUT2D eigenvalue weighted by Gasteiger charge is 2.28. The second-order valence-electron chi connectivity index (χ2n) is 6.62. The molecule has 144 valence electrons. The molecule has 3 rings (SSSR count). The Labute approximate surface area is 170 Å². The van der Waals surface area contributed by atoms with Crippen LogP contribution in [0, 0.1) is 5.92 Å². The van der Waals surface area contributed by atoms with Gasteiger partial charge in [0.15, 0.2) is 11.6 Å². The number of dihydropyridines is 1. The summed E-state index contributed by atoms with van der Waals surface area (Å²) < 4.78 is 0. The fourth-order valence-corrected chi connectivity index (χ4v) is 3.54.